The van der Waals surface area contributed by atoms with Gasteiger partial charge in [-0.3, -0.25) is 4.31 Å². The lowest BCUT2D eigenvalue weighted by atomic mass is 10.2. The van der Waals surface area contributed by atoms with Crippen LogP contribution in [0, 0.1) is 6.92 Å². The van der Waals surface area contributed by atoms with Gasteiger partial charge < -0.3 is 5.73 Å². The van der Waals surface area contributed by atoms with Gasteiger partial charge in [-0.15, -0.1) is 11.3 Å². The van der Waals surface area contributed by atoms with Crippen molar-refractivity contribution in [3.05, 3.63) is 41.3 Å². The Balaban J connectivity index is 2.44. The molecule has 2 rings (SSSR count). The normalized spacial score (nSPS) is 11.5. The SMILES string of the molecule is CCN(c1ccc(C)cc1)S(=O)(=O)c1cc(N)cs1. The van der Waals surface area contributed by atoms with Crippen LogP contribution < -0.4 is 10.0 Å². The van der Waals surface area contributed by atoms with E-state index in [4.69, 9.17) is 5.73 Å². The molecule has 102 valence electrons. The minimum absolute atomic E-state index is 0.271. The van der Waals surface area contributed by atoms with Gasteiger partial charge in [0.2, 0.25) is 0 Å². The van der Waals surface area contributed by atoms with E-state index in [2.05, 4.69) is 0 Å². The van der Waals surface area contributed by atoms with Crippen LogP contribution in [0.4, 0.5) is 11.4 Å². The second kappa shape index (κ2) is 5.22. The van der Waals surface area contributed by atoms with Gasteiger partial charge in [0.15, 0.2) is 0 Å². The van der Waals surface area contributed by atoms with Crippen molar-refractivity contribution in [2.75, 3.05) is 16.6 Å². The van der Waals surface area contributed by atoms with Crippen LogP contribution in [0.2, 0.25) is 0 Å². The Kier molecular flexibility index (Phi) is 3.82. The van der Waals surface area contributed by atoms with Gasteiger partial charge >= 0.3 is 0 Å². The highest BCUT2D eigenvalue weighted by Gasteiger charge is 2.25. The van der Waals surface area contributed by atoms with E-state index in [0.29, 0.717) is 17.9 Å². The van der Waals surface area contributed by atoms with Crippen LogP contribution in [-0.2, 0) is 10.0 Å². The summed E-state index contributed by atoms with van der Waals surface area (Å²) in [5.74, 6) is 0. The number of hydrogen-bond donors (Lipinski definition) is 1. The molecule has 1 heterocycles. The van der Waals surface area contributed by atoms with Gasteiger partial charge in [-0.05, 0) is 32.0 Å². The molecule has 0 aliphatic carbocycles. The summed E-state index contributed by atoms with van der Waals surface area (Å²) in [7, 11) is -3.52. The minimum atomic E-state index is -3.52. The molecule has 0 aliphatic rings. The molecule has 0 fully saturated rings. The van der Waals surface area contributed by atoms with E-state index in [-0.39, 0.29) is 4.21 Å². The lowest BCUT2D eigenvalue weighted by Crippen LogP contribution is -2.30. The van der Waals surface area contributed by atoms with E-state index >= 15 is 0 Å². The first-order valence-electron chi connectivity index (χ1n) is 5.88. The second-order valence-corrected chi connectivity index (χ2v) is 7.20. The van der Waals surface area contributed by atoms with Crippen LogP contribution in [0.15, 0.2) is 39.9 Å². The summed E-state index contributed by atoms with van der Waals surface area (Å²) in [5.41, 5.74) is 7.84. The van der Waals surface area contributed by atoms with Crippen molar-refractivity contribution >= 4 is 32.7 Å². The van der Waals surface area contributed by atoms with Crippen LogP contribution in [0.5, 0.6) is 0 Å². The van der Waals surface area contributed by atoms with Crippen molar-refractivity contribution in [1.82, 2.24) is 0 Å². The standard InChI is InChI=1S/C13H16N2O2S2/c1-3-15(12-6-4-10(2)5-7-12)19(16,17)13-8-11(14)9-18-13/h4-9H,3,14H2,1-2H3. The summed E-state index contributed by atoms with van der Waals surface area (Å²) >= 11 is 1.14. The second-order valence-electron chi connectivity index (χ2n) is 4.20. The Morgan fingerprint density at radius 3 is 2.37 bits per heavy atom. The van der Waals surface area contributed by atoms with Crippen LogP contribution in [0.25, 0.3) is 0 Å². The predicted octanol–water partition coefficient (Wildman–Crippen LogP) is 2.85. The quantitative estimate of drug-likeness (QED) is 0.943. The third-order valence-corrected chi connectivity index (χ3v) is 6.09. The number of aryl methyl sites for hydroxylation is 1. The average Bonchev–Trinajstić information content (AvgIpc) is 2.80. The lowest BCUT2D eigenvalue weighted by Gasteiger charge is -2.22. The molecule has 4 nitrogen and oxygen atoms in total. The fourth-order valence-corrected chi connectivity index (χ4v) is 4.44. The number of hydrogen-bond acceptors (Lipinski definition) is 4. The van der Waals surface area contributed by atoms with Crippen molar-refractivity contribution in [3.63, 3.8) is 0 Å². The first-order chi connectivity index (χ1) is 8.95. The molecule has 2 aromatic rings. The van der Waals surface area contributed by atoms with Crippen molar-refractivity contribution in [1.29, 1.82) is 0 Å². The molecule has 1 aromatic carbocycles. The summed E-state index contributed by atoms with van der Waals surface area (Å²) in [6.07, 6.45) is 0. The molecule has 0 atom stereocenters. The molecule has 0 aliphatic heterocycles. The third kappa shape index (κ3) is 2.74. The Bertz CT molecular complexity index is 660. The van der Waals surface area contributed by atoms with Gasteiger partial charge in [0.05, 0.1) is 5.69 Å². The fourth-order valence-electron chi connectivity index (χ4n) is 1.78. The van der Waals surface area contributed by atoms with Gasteiger partial charge in [0, 0.05) is 17.6 Å². The molecular weight excluding hydrogens is 280 g/mol. The first-order valence-corrected chi connectivity index (χ1v) is 8.20. The number of rotatable bonds is 4. The summed E-state index contributed by atoms with van der Waals surface area (Å²) < 4.78 is 26.7. The highest BCUT2D eigenvalue weighted by atomic mass is 32.2. The lowest BCUT2D eigenvalue weighted by molar-refractivity contribution is 0.594. The maximum atomic E-state index is 12.5. The monoisotopic (exact) mass is 296 g/mol. The molecule has 1 aromatic heterocycles. The molecule has 6 heteroatoms. The van der Waals surface area contributed by atoms with E-state index < -0.39 is 10.0 Å². The van der Waals surface area contributed by atoms with Crippen LogP contribution in [0.1, 0.15) is 12.5 Å². The zero-order chi connectivity index (χ0) is 14.0. The maximum Gasteiger partial charge on any atom is 0.273 e. The Morgan fingerprint density at radius 2 is 1.89 bits per heavy atom. The molecule has 2 N–H and O–H groups in total. The molecule has 0 bridgehead atoms. The average molecular weight is 296 g/mol. The van der Waals surface area contributed by atoms with Crippen molar-refractivity contribution in [3.8, 4) is 0 Å². The third-order valence-electron chi connectivity index (χ3n) is 2.75. The molecule has 19 heavy (non-hydrogen) atoms. The molecule has 0 amide bonds. The van der Waals surface area contributed by atoms with E-state index in [1.165, 1.54) is 10.4 Å². The predicted molar refractivity (Wildman–Crippen MR) is 80.1 cm³/mol. The zero-order valence-corrected chi connectivity index (χ0v) is 12.5. The molecule has 0 saturated carbocycles. The van der Waals surface area contributed by atoms with Crippen LogP contribution >= 0.6 is 11.3 Å². The number of nitrogens with zero attached hydrogens (tertiary/aromatic N) is 1. The van der Waals surface area contributed by atoms with Crippen LogP contribution in [0.3, 0.4) is 0 Å². The number of nitrogens with two attached hydrogens (primary N) is 1. The number of nitrogen functional groups attached to an aromatic ring is 1. The van der Waals surface area contributed by atoms with Gasteiger partial charge in [-0.2, -0.15) is 0 Å². The topological polar surface area (TPSA) is 63.4 Å². The number of sulfonamides is 1. The van der Waals surface area contributed by atoms with E-state index in [1.807, 2.05) is 38.1 Å². The summed E-state index contributed by atoms with van der Waals surface area (Å²) in [5, 5.41) is 1.63. The molecule has 0 radical (unpaired) electrons. The fraction of sp³-hybridized carbons (Fsp3) is 0.231. The Labute approximate surface area is 117 Å². The van der Waals surface area contributed by atoms with Gasteiger partial charge in [0.25, 0.3) is 10.0 Å². The van der Waals surface area contributed by atoms with Gasteiger partial charge in [-0.25, -0.2) is 8.42 Å². The summed E-state index contributed by atoms with van der Waals surface area (Å²) in [6.45, 7) is 4.16. The van der Waals surface area contributed by atoms with Crippen molar-refractivity contribution in [2.24, 2.45) is 0 Å². The number of benzene rings is 1. The highest BCUT2D eigenvalue weighted by molar-refractivity contribution is 7.94. The maximum absolute atomic E-state index is 12.5. The number of anilines is 2. The van der Waals surface area contributed by atoms with E-state index in [1.54, 1.807) is 5.38 Å². The minimum Gasteiger partial charge on any atom is -0.398 e. The zero-order valence-electron chi connectivity index (χ0n) is 10.8. The van der Waals surface area contributed by atoms with Gasteiger partial charge in [0.1, 0.15) is 4.21 Å². The number of thiophene rings is 1. The largest absolute Gasteiger partial charge is 0.398 e. The van der Waals surface area contributed by atoms with E-state index in [9.17, 15) is 8.42 Å². The van der Waals surface area contributed by atoms with E-state index in [0.717, 1.165) is 16.9 Å². The summed E-state index contributed by atoms with van der Waals surface area (Å²) in [6, 6.07) is 8.92. The molecule has 0 unspecified atom stereocenters. The summed E-state index contributed by atoms with van der Waals surface area (Å²) in [4.78, 5) is 0. The molecule has 0 saturated heterocycles. The van der Waals surface area contributed by atoms with Crippen LogP contribution in [-0.4, -0.2) is 15.0 Å². The first kappa shape index (κ1) is 13.9. The van der Waals surface area contributed by atoms with Crippen molar-refractivity contribution in [2.45, 2.75) is 18.1 Å². The van der Waals surface area contributed by atoms with Crippen molar-refractivity contribution < 1.29 is 8.42 Å². The smallest absolute Gasteiger partial charge is 0.273 e. The Morgan fingerprint density at radius 1 is 1.26 bits per heavy atom. The highest BCUT2D eigenvalue weighted by Crippen LogP contribution is 2.28. The Hall–Kier alpha value is -1.53. The molecule has 0 spiro atoms. The van der Waals surface area contributed by atoms with Gasteiger partial charge in [-0.1, -0.05) is 17.7 Å². The molecular formula is C13H16N2O2S2.